The lowest BCUT2D eigenvalue weighted by atomic mass is 10.1. The summed E-state index contributed by atoms with van der Waals surface area (Å²) in [6.07, 6.45) is 14.0. The van der Waals surface area contributed by atoms with Crippen molar-refractivity contribution in [2.24, 2.45) is 0 Å². The Morgan fingerprint density at radius 1 is 1.00 bits per heavy atom. The van der Waals surface area contributed by atoms with Crippen LogP contribution in [0.1, 0.15) is 70.6 Å². The normalized spacial score (nSPS) is 17.7. The van der Waals surface area contributed by atoms with Crippen LogP contribution < -0.4 is 0 Å². The van der Waals surface area contributed by atoms with Gasteiger partial charge in [0.2, 0.25) is 0 Å². The largest absolute Gasteiger partial charge is 0.469 e. The third kappa shape index (κ3) is 9.46. The van der Waals surface area contributed by atoms with E-state index in [-0.39, 0.29) is 5.97 Å². The van der Waals surface area contributed by atoms with Crippen LogP contribution in [-0.4, -0.2) is 25.8 Å². The molecule has 0 aromatic rings. The van der Waals surface area contributed by atoms with Crippen molar-refractivity contribution in [1.29, 1.82) is 0 Å². The number of rotatable bonds is 12. The highest BCUT2D eigenvalue weighted by molar-refractivity contribution is 5.68. The zero-order valence-electron chi connectivity index (χ0n) is 11.8. The van der Waals surface area contributed by atoms with Gasteiger partial charge in [-0.05, 0) is 12.8 Å². The second kappa shape index (κ2) is 10.4. The van der Waals surface area contributed by atoms with Crippen LogP contribution in [0.15, 0.2) is 0 Å². The molecule has 0 aliphatic carbocycles. The average Bonchev–Trinajstić information content (AvgIpc) is 3.19. The maximum atomic E-state index is 10.9. The zero-order chi connectivity index (χ0) is 13.1. The van der Waals surface area contributed by atoms with Gasteiger partial charge in [-0.25, -0.2) is 0 Å². The van der Waals surface area contributed by atoms with Crippen molar-refractivity contribution in [3.05, 3.63) is 0 Å². The number of epoxide rings is 1. The molecule has 1 unspecified atom stereocenters. The molecule has 1 aliphatic heterocycles. The molecule has 1 rings (SSSR count). The first kappa shape index (κ1) is 15.5. The first-order valence-corrected chi connectivity index (χ1v) is 7.51. The monoisotopic (exact) mass is 256 g/mol. The summed E-state index contributed by atoms with van der Waals surface area (Å²) in [5.74, 6) is -0.0744. The Morgan fingerprint density at radius 3 is 2.00 bits per heavy atom. The Balaban J connectivity index is 1.66. The Hall–Kier alpha value is -0.570. The molecule has 0 spiro atoms. The smallest absolute Gasteiger partial charge is 0.305 e. The van der Waals surface area contributed by atoms with Gasteiger partial charge in [0, 0.05) is 6.42 Å². The molecule has 18 heavy (non-hydrogen) atoms. The van der Waals surface area contributed by atoms with Crippen molar-refractivity contribution in [3.8, 4) is 0 Å². The number of carbonyl (C=O) groups excluding carboxylic acids is 1. The summed E-state index contributed by atoms with van der Waals surface area (Å²) in [5.41, 5.74) is 0. The molecule has 1 heterocycles. The van der Waals surface area contributed by atoms with E-state index in [9.17, 15) is 4.79 Å². The molecule has 0 saturated carbocycles. The average molecular weight is 256 g/mol. The lowest BCUT2D eigenvalue weighted by Crippen LogP contribution is -1.99. The van der Waals surface area contributed by atoms with Gasteiger partial charge in [0.1, 0.15) is 0 Å². The molecule has 0 aromatic heterocycles. The van der Waals surface area contributed by atoms with Gasteiger partial charge in [-0.2, -0.15) is 0 Å². The van der Waals surface area contributed by atoms with Gasteiger partial charge in [-0.15, -0.1) is 0 Å². The predicted molar refractivity (Wildman–Crippen MR) is 72.5 cm³/mol. The first-order chi connectivity index (χ1) is 8.83. The van der Waals surface area contributed by atoms with Crippen molar-refractivity contribution < 1.29 is 14.3 Å². The molecule has 0 radical (unpaired) electrons. The van der Waals surface area contributed by atoms with Crippen LogP contribution in [0.25, 0.3) is 0 Å². The molecule has 1 atom stereocenters. The van der Waals surface area contributed by atoms with Gasteiger partial charge in [-0.1, -0.05) is 51.4 Å². The van der Waals surface area contributed by atoms with Crippen molar-refractivity contribution in [1.82, 2.24) is 0 Å². The summed E-state index contributed by atoms with van der Waals surface area (Å²) in [4.78, 5) is 10.9. The molecular formula is C15H28O3. The highest BCUT2D eigenvalue weighted by atomic mass is 16.6. The summed E-state index contributed by atoms with van der Waals surface area (Å²) in [5, 5.41) is 0. The zero-order valence-corrected chi connectivity index (χ0v) is 11.8. The summed E-state index contributed by atoms with van der Waals surface area (Å²) in [7, 11) is 1.46. The third-order valence-electron chi connectivity index (χ3n) is 3.54. The SMILES string of the molecule is COC(=O)CCCCCCCCCCCC1CO1. The van der Waals surface area contributed by atoms with Gasteiger partial charge < -0.3 is 9.47 Å². The minimum Gasteiger partial charge on any atom is -0.469 e. The number of hydrogen-bond acceptors (Lipinski definition) is 3. The van der Waals surface area contributed by atoms with Crippen LogP contribution in [0, 0.1) is 0 Å². The number of hydrogen-bond donors (Lipinski definition) is 0. The van der Waals surface area contributed by atoms with Crippen LogP contribution in [0.4, 0.5) is 0 Å². The Bertz CT molecular complexity index is 212. The van der Waals surface area contributed by atoms with Gasteiger partial charge in [0.25, 0.3) is 0 Å². The third-order valence-corrected chi connectivity index (χ3v) is 3.54. The van der Waals surface area contributed by atoms with E-state index < -0.39 is 0 Å². The molecule has 0 bridgehead atoms. The highest BCUT2D eigenvalue weighted by Crippen LogP contribution is 2.18. The molecule has 0 amide bonds. The van der Waals surface area contributed by atoms with Crippen LogP contribution >= 0.6 is 0 Å². The molecule has 0 aromatic carbocycles. The second-order valence-electron chi connectivity index (χ2n) is 5.25. The minimum atomic E-state index is -0.0744. The molecule has 1 fully saturated rings. The quantitative estimate of drug-likeness (QED) is 0.302. The summed E-state index contributed by atoms with van der Waals surface area (Å²) < 4.78 is 9.79. The number of carbonyl (C=O) groups is 1. The fourth-order valence-electron chi connectivity index (χ4n) is 2.22. The molecular weight excluding hydrogens is 228 g/mol. The van der Waals surface area contributed by atoms with Crippen LogP contribution in [0.3, 0.4) is 0 Å². The summed E-state index contributed by atoms with van der Waals surface area (Å²) >= 11 is 0. The standard InChI is InChI=1S/C15H28O3/c1-17-15(16)12-10-8-6-4-2-3-5-7-9-11-14-13-18-14/h14H,2-13H2,1H3. The molecule has 3 heteroatoms. The van der Waals surface area contributed by atoms with Crippen molar-refractivity contribution in [2.75, 3.05) is 13.7 Å². The van der Waals surface area contributed by atoms with E-state index in [1.165, 1.54) is 58.5 Å². The molecule has 1 saturated heterocycles. The van der Waals surface area contributed by atoms with E-state index in [2.05, 4.69) is 4.74 Å². The number of ether oxygens (including phenoxy) is 2. The molecule has 1 aliphatic rings. The fourth-order valence-corrected chi connectivity index (χ4v) is 2.22. The second-order valence-corrected chi connectivity index (χ2v) is 5.25. The molecule has 106 valence electrons. The topological polar surface area (TPSA) is 38.8 Å². The van der Waals surface area contributed by atoms with Gasteiger partial charge in [0.15, 0.2) is 0 Å². The highest BCUT2D eigenvalue weighted by Gasteiger charge is 2.20. The number of esters is 1. The fraction of sp³-hybridized carbons (Fsp3) is 0.933. The van der Waals surface area contributed by atoms with Crippen molar-refractivity contribution in [2.45, 2.75) is 76.7 Å². The van der Waals surface area contributed by atoms with E-state index in [0.717, 1.165) is 19.4 Å². The Labute approximate surface area is 111 Å². The van der Waals surface area contributed by atoms with Gasteiger partial charge >= 0.3 is 5.97 Å². The number of methoxy groups -OCH3 is 1. The number of unbranched alkanes of at least 4 members (excludes halogenated alkanes) is 8. The van der Waals surface area contributed by atoms with E-state index in [0.29, 0.717) is 12.5 Å². The summed E-state index contributed by atoms with van der Waals surface area (Å²) in [6, 6.07) is 0. The van der Waals surface area contributed by atoms with Gasteiger partial charge in [-0.3, -0.25) is 4.79 Å². The van der Waals surface area contributed by atoms with Crippen LogP contribution in [0.5, 0.6) is 0 Å². The van der Waals surface area contributed by atoms with E-state index >= 15 is 0 Å². The van der Waals surface area contributed by atoms with Crippen molar-refractivity contribution >= 4 is 5.97 Å². The Kier molecular flexibility index (Phi) is 8.92. The minimum absolute atomic E-state index is 0.0744. The van der Waals surface area contributed by atoms with Crippen LogP contribution in [-0.2, 0) is 14.3 Å². The van der Waals surface area contributed by atoms with Gasteiger partial charge in [0.05, 0.1) is 19.8 Å². The maximum Gasteiger partial charge on any atom is 0.305 e. The predicted octanol–water partition coefficient (Wildman–Crippen LogP) is 3.85. The van der Waals surface area contributed by atoms with Crippen LogP contribution in [0.2, 0.25) is 0 Å². The van der Waals surface area contributed by atoms with Crippen molar-refractivity contribution in [3.63, 3.8) is 0 Å². The lowest BCUT2D eigenvalue weighted by Gasteiger charge is -2.02. The first-order valence-electron chi connectivity index (χ1n) is 7.51. The van der Waals surface area contributed by atoms with E-state index in [1.54, 1.807) is 0 Å². The lowest BCUT2D eigenvalue weighted by molar-refractivity contribution is -0.140. The van der Waals surface area contributed by atoms with E-state index in [4.69, 9.17) is 4.74 Å². The van der Waals surface area contributed by atoms with E-state index in [1.807, 2.05) is 0 Å². The molecule has 0 N–H and O–H groups in total. The summed E-state index contributed by atoms with van der Waals surface area (Å²) in [6.45, 7) is 1.01. The Morgan fingerprint density at radius 2 is 1.50 bits per heavy atom. The maximum absolute atomic E-state index is 10.9. The molecule has 3 nitrogen and oxygen atoms in total.